The zero-order valence-electron chi connectivity index (χ0n) is 11.9. The number of halogens is 1. The summed E-state index contributed by atoms with van der Waals surface area (Å²) in [6.45, 7) is 1.64. The van der Waals surface area contributed by atoms with Crippen LogP contribution in [-0.2, 0) is 4.79 Å². The van der Waals surface area contributed by atoms with Gasteiger partial charge in [0.2, 0.25) is 5.91 Å². The fraction of sp³-hybridized carbons (Fsp3) is 0.267. The van der Waals surface area contributed by atoms with E-state index in [4.69, 9.17) is 14.9 Å². The summed E-state index contributed by atoms with van der Waals surface area (Å²) in [5, 5.41) is 2.87. The number of carbonyl (C=O) groups is 1. The smallest absolute Gasteiger partial charge is 0.237 e. The minimum atomic E-state index is -0.595. The van der Waals surface area contributed by atoms with Crippen LogP contribution < -0.4 is 15.8 Å². The van der Waals surface area contributed by atoms with Gasteiger partial charge in [-0.3, -0.25) is 4.79 Å². The zero-order chi connectivity index (χ0) is 14.5. The Kier molecular flexibility index (Phi) is 6.27. The predicted molar refractivity (Wildman–Crippen MR) is 82.6 cm³/mol. The third-order valence-electron chi connectivity index (χ3n) is 2.98. The van der Waals surface area contributed by atoms with Crippen molar-refractivity contribution < 1.29 is 13.9 Å². The van der Waals surface area contributed by atoms with Crippen LogP contribution in [0.4, 0.5) is 0 Å². The Morgan fingerprint density at radius 2 is 2.00 bits per heavy atom. The number of nitrogens with two attached hydrogens (primary N) is 1. The third kappa shape index (κ3) is 4.00. The molecule has 1 aromatic carbocycles. The molecule has 0 aliphatic heterocycles. The summed E-state index contributed by atoms with van der Waals surface area (Å²) in [4.78, 5) is 11.9. The van der Waals surface area contributed by atoms with Crippen LogP contribution in [0, 0.1) is 0 Å². The van der Waals surface area contributed by atoms with Crippen LogP contribution >= 0.6 is 12.4 Å². The first kappa shape index (κ1) is 17.1. The predicted octanol–water partition coefficient (Wildman–Crippen LogP) is 2.26. The molecule has 0 radical (unpaired) electrons. The fourth-order valence-corrected chi connectivity index (χ4v) is 1.94. The molecule has 1 amide bonds. The van der Waals surface area contributed by atoms with Crippen molar-refractivity contribution in [3.63, 3.8) is 0 Å². The van der Waals surface area contributed by atoms with Crippen molar-refractivity contribution in [1.29, 1.82) is 0 Å². The van der Waals surface area contributed by atoms with Gasteiger partial charge in [-0.25, -0.2) is 0 Å². The van der Waals surface area contributed by atoms with Gasteiger partial charge >= 0.3 is 0 Å². The van der Waals surface area contributed by atoms with Crippen LogP contribution in [0.2, 0.25) is 0 Å². The fourth-order valence-electron chi connectivity index (χ4n) is 1.94. The zero-order valence-corrected chi connectivity index (χ0v) is 12.7. The first-order valence-electron chi connectivity index (χ1n) is 6.35. The second-order valence-corrected chi connectivity index (χ2v) is 4.49. The molecule has 0 saturated heterocycles. The topological polar surface area (TPSA) is 77.5 Å². The minimum Gasteiger partial charge on any atom is -0.496 e. The number of hydrogen-bond acceptors (Lipinski definition) is 4. The molecule has 0 aliphatic rings. The molecular formula is C15H19ClN2O3. The molecular weight excluding hydrogens is 292 g/mol. The van der Waals surface area contributed by atoms with E-state index in [0.717, 1.165) is 5.56 Å². The second-order valence-electron chi connectivity index (χ2n) is 4.49. The number of ether oxygens (including phenoxy) is 1. The van der Waals surface area contributed by atoms with Gasteiger partial charge in [-0.05, 0) is 25.1 Å². The van der Waals surface area contributed by atoms with Crippen molar-refractivity contribution in [2.45, 2.75) is 19.0 Å². The highest BCUT2D eigenvalue weighted by atomic mass is 35.5. The van der Waals surface area contributed by atoms with Gasteiger partial charge in [0.05, 0.1) is 19.4 Å². The van der Waals surface area contributed by atoms with E-state index in [9.17, 15) is 4.79 Å². The first-order valence-corrected chi connectivity index (χ1v) is 6.35. The van der Waals surface area contributed by atoms with E-state index in [1.165, 1.54) is 0 Å². The number of carbonyl (C=O) groups excluding carboxylic acids is 1. The lowest BCUT2D eigenvalue weighted by Crippen LogP contribution is -2.40. The summed E-state index contributed by atoms with van der Waals surface area (Å²) in [5.74, 6) is 1.06. The molecule has 0 fully saturated rings. The third-order valence-corrected chi connectivity index (χ3v) is 2.98. The van der Waals surface area contributed by atoms with Gasteiger partial charge in [0, 0.05) is 5.56 Å². The van der Waals surface area contributed by atoms with Crippen LogP contribution in [0.25, 0.3) is 0 Å². The molecule has 0 bridgehead atoms. The maximum Gasteiger partial charge on any atom is 0.237 e. The van der Waals surface area contributed by atoms with Crippen molar-refractivity contribution in [2.75, 3.05) is 7.11 Å². The number of rotatable bonds is 5. The molecule has 2 rings (SSSR count). The van der Waals surface area contributed by atoms with Crippen molar-refractivity contribution in [1.82, 2.24) is 5.32 Å². The van der Waals surface area contributed by atoms with E-state index < -0.39 is 12.1 Å². The lowest BCUT2D eigenvalue weighted by atomic mass is 10.0. The molecule has 2 aromatic rings. The highest BCUT2D eigenvalue weighted by Gasteiger charge is 2.23. The Balaban J connectivity index is 0.00000220. The number of hydrogen-bond donors (Lipinski definition) is 2. The number of para-hydroxylation sites is 1. The summed E-state index contributed by atoms with van der Waals surface area (Å²) in [6, 6.07) is 10.0. The normalized spacial score (nSPS) is 12.9. The monoisotopic (exact) mass is 310 g/mol. The summed E-state index contributed by atoms with van der Waals surface area (Å²) in [6.07, 6.45) is 1.57. The Bertz CT molecular complexity index is 570. The average molecular weight is 311 g/mol. The second kappa shape index (κ2) is 7.71. The van der Waals surface area contributed by atoms with Crippen LogP contribution in [-0.4, -0.2) is 19.1 Å². The lowest BCUT2D eigenvalue weighted by molar-refractivity contribution is -0.122. The van der Waals surface area contributed by atoms with E-state index in [0.29, 0.717) is 11.5 Å². The standard InChI is InChI=1S/C15H18N2O3.ClH/c1-10(16)15(18)17-14(13-8-5-9-20-13)11-6-3-4-7-12(11)19-2;/h3-10,14H,16H2,1-2H3,(H,17,18);1H. The molecule has 6 heteroatoms. The molecule has 0 aliphatic carbocycles. The molecule has 1 heterocycles. The minimum absolute atomic E-state index is 0. The SMILES string of the molecule is COc1ccccc1C(NC(=O)C(C)N)c1ccco1.Cl. The summed E-state index contributed by atoms with van der Waals surface area (Å²) in [5.41, 5.74) is 6.43. The molecule has 0 saturated carbocycles. The van der Waals surface area contributed by atoms with Gasteiger partial charge < -0.3 is 20.2 Å². The van der Waals surface area contributed by atoms with Gasteiger partial charge in [0.15, 0.2) is 0 Å². The first-order chi connectivity index (χ1) is 9.63. The van der Waals surface area contributed by atoms with Gasteiger partial charge in [-0.1, -0.05) is 18.2 Å². The lowest BCUT2D eigenvalue weighted by Gasteiger charge is -2.20. The number of methoxy groups -OCH3 is 1. The van der Waals surface area contributed by atoms with Crippen LogP contribution in [0.15, 0.2) is 47.1 Å². The Hall–Kier alpha value is -1.98. The number of benzene rings is 1. The molecule has 3 N–H and O–H groups in total. The number of nitrogens with one attached hydrogen (secondary N) is 1. The van der Waals surface area contributed by atoms with E-state index in [1.54, 1.807) is 32.4 Å². The summed E-state index contributed by atoms with van der Waals surface area (Å²) in [7, 11) is 1.59. The molecule has 2 unspecified atom stereocenters. The summed E-state index contributed by atoms with van der Waals surface area (Å²) >= 11 is 0. The molecule has 114 valence electrons. The van der Waals surface area contributed by atoms with Gasteiger partial charge in [0.1, 0.15) is 17.6 Å². The molecule has 1 aromatic heterocycles. The van der Waals surface area contributed by atoms with Crippen molar-refractivity contribution in [2.24, 2.45) is 5.73 Å². The largest absolute Gasteiger partial charge is 0.496 e. The molecule has 5 nitrogen and oxygen atoms in total. The maximum absolute atomic E-state index is 11.9. The van der Waals surface area contributed by atoms with Gasteiger partial charge in [0.25, 0.3) is 0 Å². The molecule has 0 spiro atoms. The summed E-state index contributed by atoms with van der Waals surface area (Å²) < 4.78 is 10.8. The van der Waals surface area contributed by atoms with Crippen LogP contribution in [0.5, 0.6) is 5.75 Å². The molecule has 2 atom stereocenters. The molecule has 21 heavy (non-hydrogen) atoms. The Morgan fingerprint density at radius 3 is 2.57 bits per heavy atom. The van der Waals surface area contributed by atoms with Gasteiger partial charge in [-0.2, -0.15) is 0 Å². The van der Waals surface area contributed by atoms with E-state index in [-0.39, 0.29) is 18.3 Å². The maximum atomic E-state index is 11.9. The average Bonchev–Trinajstić information content (AvgIpc) is 2.98. The Morgan fingerprint density at radius 1 is 1.29 bits per heavy atom. The van der Waals surface area contributed by atoms with Crippen molar-refractivity contribution >= 4 is 18.3 Å². The van der Waals surface area contributed by atoms with Crippen LogP contribution in [0.3, 0.4) is 0 Å². The number of furan rings is 1. The highest BCUT2D eigenvalue weighted by molar-refractivity contribution is 5.85. The quantitative estimate of drug-likeness (QED) is 0.888. The van der Waals surface area contributed by atoms with Crippen LogP contribution in [0.1, 0.15) is 24.3 Å². The van der Waals surface area contributed by atoms with Crippen molar-refractivity contribution in [3.05, 3.63) is 54.0 Å². The van der Waals surface area contributed by atoms with Gasteiger partial charge in [-0.15, -0.1) is 12.4 Å². The van der Waals surface area contributed by atoms with E-state index in [2.05, 4.69) is 5.32 Å². The Labute approximate surface area is 129 Å². The number of amides is 1. The highest BCUT2D eigenvalue weighted by Crippen LogP contribution is 2.30. The van der Waals surface area contributed by atoms with E-state index in [1.807, 2.05) is 24.3 Å². The van der Waals surface area contributed by atoms with E-state index >= 15 is 0 Å². The van der Waals surface area contributed by atoms with Crippen molar-refractivity contribution in [3.8, 4) is 5.75 Å².